The fourth-order valence-corrected chi connectivity index (χ4v) is 2.68. The van der Waals surface area contributed by atoms with E-state index in [2.05, 4.69) is 20.9 Å². The number of aryl methyl sites for hydroxylation is 2. The number of aromatic nitrogens is 3. The van der Waals surface area contributed by atoms with Gasteiger partial charge in [-0.05, 0) is 42.8 Å². The molecular weight excluding hydrogens is 346 g/mol. The van der Waals surface area contributed by atoms with Crippen molar-refractivity contribution in [2.24, 2.45) is 0 Å². The molecule has 3 aromatic rings. The quantitative estimate of drug-likeness (QED) is 0.712. The smallest absolute Gasteiger partial charge is 0.277 e. The van der Waals surface area contributed by atoms with Crippen molar-refractivity contribution in [2.45, 2.75) is 19.9 Å². The molecule has 0 unspecified atom stereocenters. The molecule has 2 N–H and O–H groups in total. The van der Waals surface area contributed by atoms with Gasteiger partial charge in [0.25, 0.3) is 11.5 Å². The number of hydrogen-bond acceptors (Lipinski definition) is 5. The monoisotopic (exact) mass is 365 g/mol. The van der Waals surface area contributed by atoms with Gasteiger partial charge in [0, 0.05) is 24.7 Å². The van der Waals surface area contributed by atoms with E-state index in [1.165, 1.54) is 4.68 Å². The highest BCUT2D eigenvalue weighted by Gasteiger charge is 2.10. The summed E-state index contributed by atoms with van der Waals surface area (Å²) in [5.74, 6) is -0.446. The summed E-state index contributed by atoms with van der Waals surface area (Å²) < 4.78 is 1.18. The van der Waals surface area contributed by atoms with Crippen molar-refractivity contribution in [3.05, 3.63) is 63.9 Å². The van der Waals surface area contributed by atoms with E-state index in [0.717, 1.165) is 5.56 Å². The number of benzene rings is 2. The fourth-order valence-electron chi connectivity index (χ4n) is 2.68. The van der Waals surface area contributed by atoms with Crippen molar-refractivity contribution < 1.29 is 9.59 Å². The number of nitrogens with one attached hydrogen (secondary N) is 2. The van der Waals surface area contributed by atoms with Crippen LogP contribution in [-0.4, -0.2) is 33.9 Å². The highest BCUT2D eigenvalue weighted by atomic mass is 16.2. The van der Waals surface area contributed by atoms with E-state index in [9.17, 15) is 14.4 Å². The third kappa shape index (κ3) is 4.00. The minimum Gasteiger partial charge on any atom is -0.355 e. The number of nitrogens with zero attached hydrogens (tertiary/aromatic N) is 3. The van der Waals surface area contributed by atoms with E-state index in [-0.39, 0.29) is 30.3 Å². The normalized spacial score (nSPS) is 10.6. The van der Waals surface area contributed by atoms with Crippen molar-refractivity contribution in [1.29, 1.82) is 0 Å². The molecule has 0 aliphatic carbocycles. The Kier molecular flexibility index (Phi) is 5.25. The molecule has 1 aromatic heterocycles. The average Bonchev–Trinajstić information content (AvgIpc) is 2.68. The Balaban J connectivity index is 1.68. The van der Waals surface area contributed by atoms with E-state index in [1.54, 1.807) is 56.4 Å². The van der Waals surface area contributed by atoms with Gasteiger partial charge in [0.05, 0.1) is 11.9 Å². The molecule has 0 radical (unpaired) electrons. The van der Waals surface area contributed by atoms with Gasteiger partial charge in [-0.3, -0.25) is 14.4 Å². The Morgan fingerprint density at radius 2 is 1.93 bits per heavy atom. The summed E-state index contributed by atoms with van der Waals surface area (Å²) in [4.78, 5) is 36.2. The van der Waals surface area contributed by atoms with Crippen LogP contribution >= 0.6 is 0 Å². The van der Waals surface area contributed by atoms with Crippen LogP contribution in [0.25, 0.3) is 10.9 Å². The van der Waals surface area contributed by atoms with Crippen LogP contribution in [0.15, 0.2) is 47.3 Å². The van der Waals surface area contributed by atoms with Crippen molar-refractivity contribution in [2.75, 3.05) is 12.4 Å². The first-order valence-corrected chi connectivity index (χ1v) is 8.44. The molecule has 2 aromatic carbocycles. The molecule has 138 valence electrons. The summed E-state index contributed by atoms with van der Waals surface area (Å²) in [6.45, 7) is 1.93. The average molecular weight is 365 g/mol. The number of fused-ring (bicyclic) bond motifs is 1. The second-order valence-corrected chi connectivity index (χ2v) is 6.04. The fraction of sp³-hybridized carbons (Fsp3) is 0.211. The minimum atomic E-state index is -0.278. The van der Waals surface area contributed by atoms with Gasteiger partial charge in [-0.25, -0.2) is 4.68 Å². The van der Waals surface area contributed by atoms with Crippen molar-refractivity contribution in [3.8, 4) is 0 Å². The van der Waals surface area contributed by atoms with E-state index < -0.39 is 0 Å². The maximum atomic E-state index is 12.4. The topological polar surface area (TPSA) is 106 Å². The van der Waals surface area contributed by atoms with Crippen LogP contribution in [0.4, 0.5) is 5.69 Å². The lowest BCUT2D eigenvalue weighted by Gasteiger charge is -2.10. The lowest BCUT2D eigenvalue weighted by molar-refractivity contribution is -0.116. The molecule has 0 saturated heterocycles. The summed E-state index contributed by atoms with van der Waals surface area (Å²) in [5, 5.41) is 13.7. The Labute approximate surface area is 155 Å². The first-order valence-electron chi connectivity index (χ1n) is 8.44. The molecule has 0 spiro atoms. The van der Waals surface area contributed by atoms with Crippen LogP contribution in [-0.2, 0) is 11.3 Å². The summed E-state index contributed by atoms with van der Waals surface area (Å²) in [6, 6.07) is 12.0. The first-order chi connectivity index (χ1) is 13.0. The largest absolute Gasteiger partial charge is 0.355 e. The summed E-state index contributed by atoms with van der Waals surface area (Å²) in [6.07, 6.45) is 0.0730. The van der Waals surface area contributed by atoms with Gasteiger partial charge in [0.1, 0.15) is 5.52 Å². The molecule has 0 aliphatic rings. The number of rotatable bonds is 5. The standard InChI is InChI=1S/C19H19N5O3/c1-12-11-13(18(26)20-2)7-8-15(12)21-17(25)9-10-24-19(27)14-5-3-4-6-16(14)22-23-24/h3-8,11H,9-10H2,1-2H3,(H,20,26)(H,21,25). The number of carbonyl (C=O) groups excluding carboxylic acids is 2. The Morgan fingerprint density at radius 3 is 2.67 bits per heavy atom. The zero-order valence-electron chi connectivity index (χ0n) is 15.0. The number of carbonyl (C=O) groups is 2. The highest BCUT2D eigenvalue weighted by molar-refractivity contribution is 5.96. The van der Waals surface area contributed by atoms with Crippen LogP contribution in [0.5, 0.6) is 0 Å². The van der Waals surface area contributed by atoms with Crippen LogP contribution in [0, 0.1) is 6.92 Å². The van der Waals surface area contributed by atoms with Gasteiger partial charge >= 0.3 is 0 Å². The number of anilines is 1. The van der Waals surface area contributed by atoms with Crippen molar-refractivity contribution in [3.63, 3.8) is 0 Å². The molecule has 2 amide bonds. The summed E-state index contributed by atoms with van der Waals surface area (Å²) in [5.41, 5.74) is 2.15. The van der Waals surface area contributed by atoms with E-state index >= 15 is 0 Å². The number of amides is 2. The van der Waals surface area contributed by atoms with Gasteiger partial charge in [-0.2, -0.15) is 0 Å². The zero-order valence-corrected chi connectivity index (χ0v) is 15.0. The molecule has 0 fully saturated rings. The van der Waals surface area contributed by atoms with Crippen LogP contribution < -0.4 is 16.2 Å². The maximum Gasteiger partial charge on any atom is 0.277 e. The van der Waals surface area contributed by atoms with Gasteiger partial charge in [-0.1, -0.05) is 17.3 Å². The second-order valence-electron chi connectivity index (χ2n) is 6.04. The lowest BCUT2D eigenvalue weighted by Crippen LogP contribution is -2.26. The summed E-state index contributed by atoms with van der Waals surface area (Å²) in [7, 11) is 1.56. The van der Waals surface area contributed by atoms with Gasteiger partial charge in [-0.15, -0.1) is 5.10 Å². The lowest BCUT2D eigenvalue weighted by atomic mass is 10.1. The Bertz CT molecular complexity index is 1070. The predicted octanol–water partition coefficient (Wildman–Crippen LogP) is 1.49. The van der Waals surface area contributed by atoms with Crippen molar-refractivity contribution >= 4 is 28.4 Å². The molecular formula is C19H19N5O3. The molecule has 8 heteroatoms. The number of hydrogen-bond donors (Lipinski definition) is 2. The first kappa shape index (κ1) is 18.2. The molecule has 0 aliphatic heterocycles. The van der Waals surface area contributed by atoms with Crippen LogP contribution in [0.3, 0.4) is 0 Å². The van der Waals surface area contributed by atoms with Gasteiger partial charge in [0.15, 0.2) is 0 Å². The second kappa shape index (κ2) is 7.77. The molecule has 1 heterocycles. The van der Waals surface area contributed by atoms with Gasteiger partial charge in [0.2, 0.25) is 5.91 Å². The predicted molar refractivity (Wildman–Crippen MR) is 102 cm³/mol. The SMILES string of the molecule is CNC(=O)c1ccc(NC(=O)CCn2nnc3ccccc3c2=O)c(C)c1. The zero-order chi connectivity index (χ0) is 19.4. The minimum absolute atomic E-state index is 0.0730. The Morgan fingerprint density at radius 1 is 1.15 bits per heavy atom. The molecule has 8 nitrogen and oxygen atoms in total. The molecule has 3 rings (SSSR count). The highest BCUT2D eigenvalue weighted by Crippen LogP contribution is 2.17. The summed E-state index contributed by atoms with van der Waals surface area (Å²) >= 11 is 0. The molecule has 0 atom stereocenters. The third-order valence-electron chi connectivity index (χ3n) is 4.17. The van der Waals surface area contributed by atoms with Gasteiger partial charge < -0.3 is 10.6 Å². The molecule has 0 saturated carbocycles. The molecule has 27 heavy (non-hydrogen) atoms. The molecule has 0 bridgehead atoms. The van der Waals surface area contributed by atoms with Crippen LogP contribution in [0.1, 0.15) is 22.3 Å². The van der Waals surface area contributed by atoms with E-state index in [0.29, 0.717) is 22.2 Å². The Hall–Kier alpha value is -3.55. The van der Waals surface area contributed by atoms with Crippen molar-refractivity contribution in [1.82, 2.24) is 20.3 Å². The van der Waals surface area contributed by atoms with Crippen LogP contribution in [0.2, 0.25) is 0 Å². The maximum absolute atomic E-state index is 12.4. The third-order valence-corrected chi connectivity index (χ3v) is 4.17. The van der Waals surface area contributed by atoms with E-state index in [1.807, 2.05) is 0 Å². The van der Waals surface area contributed by atoms with E-state index in [4.69, 9.17) is 0 Å².